The predicted molar refractivity (Wildman–Crippen MR) is 109 cm³/mol. The molecule has 3 N–H and O–H groups in total. The lowest BCUT2D eigenvalue weighted by molar-refractivity contribution is -0.115. The highest BCUT2D eigenvalue weighted by atomic mass is 32.2. The van der Waals surface area contributed by atoms with Gasteiger partial charge in [0.1, 0.15) is 0 Å². The van der Waals surface area contributed by atoms with E-state index in [4.69, 9.17) is 0 Å². The monoisotopic (exact) mass is 403 g/mol. The molecule has 0 atom stereocenters. The van der Waals surface area contributed by atoms with Crippen LogP contribution in [0.15, 0.2) is 47.4 Å². The van der Waals surface area contributed by atoms with Crippen LogP contribution in [0.2, 0.25) is 0 Å². The minimum Gasteiger partial charge on any atom is -0.351 e. The van der Waals surface area contributed by atoms with Gasteiger partial charge in [0, 0.05) is 30.8 Å². The molecule has 0 unspecified atom stereocenters. The number of benzene rings is 2. The van der Waals surface area contributed by atoms with E-state index in [9.17, 15) is 18.0 Å². The first kappa shape index (κ1) is 21.6. The molecule has 2 aromatic carbocycles. The molecule has 150 valence electrons. The number of anilines is 1. The van der Waals surface area contributed by atoms with Gasteiger partial charge in [-0.25, -0.2) is 13.1 Å². The molecule has 0 fully saturated rings. The Morgan fingerprint density at radius 1 is 0.964 bits per heavy atom. The Kier molecular flexibility index (Phi) is 7.31. The van der Waals surface area contributed by atoms with Gasteiger partial charge in [0.2, 0.25) is 15.9 Å². The van der Waals surface area contributed by atoms with Crippen LogP contribution in [0, 0.1) is 13.8 Å². The highest BCUT2D eigenvalue weighted by molar-refractivity contribution is 7.89. The molecule has 0 aliphatic heterocycles. The lowest BCUT2D eigenvalue weighted by Crippen LogP contribution is -2.34. The highest BCUT2D eigenvalue weighted by Gasteiger charge is 2.16. The van der Waals surface area contributed by atoms with Crippen LogP contribution < -0.4 is 15.4 Å². The fraction of sp³-hybridized carbons (Fsp3) is 0.300. The number of amides is 2. The maximum atomic E-state index is 12.4. The fourth-order valence-corrected chi connectivity index (χ4v) is 3.85. The molecular formula is C20H25N3O4S. The van der Waals surface area contributed by atoms with Gasteiger partial charge in [-0.05, 0) is 49.7 Å². The quantitative estimate of drug-likeness (QED) is 0.589. The highest BCUT2D eigenvalue weighted by Crippen LogP contribution is 2.16. The number of hydrogen-bond acceptors (Lipinski definition) is 4. The van der Waals surface area contributed by atoms with Gasteiger partial charge in [0.05, 0.1) is 4.90 Å². The van der Waals surface area contributed by atoms with E-state index in [1.165, 1.54) is 0 Å². The van der Waals surface area contributed by atoms with Crippen LogP contribution in [0.1, 0.15) is 34.8 Å². The number of hydrogen-bond donors (Lipinski definition) is 3. The second-order valence-electron chi connectivity index (χ2n) is 6.40. The van der Waals surface area contributed by atoms with E-state index in [0.717, 1.165) is 5.56 Å². The molecule has 0 radical (unpaired) electrons. The molecule has 28 heavy (non-hydrogen) atoms. The van der Waals surface area contributed by atoms with Crippen molar-refractivity contribution in [1.82, 2.24) is 10.0 Å². The first-order chi connectivity index (χ1) is 13.2. The van der Waals surface area contributed by atoms with E-state index >= 15 is 0 Å². The Bertz CT molecular complexity index is 954. The molecule has 8 heteroatoms. The predicted octanol–water partition coefficient (Wildman–Crippen LogP) is 2.36. The van der Waals surface area contributed by atoms with Crippen molar-refractivity contribution in [3.63, 3.8) is 0 Å². The van der Waals surface area contributed by atoms with Crippen molar-refractivity contribution in [2.75, 3.05) is 18.4 Å². The second-order valence-corrected chi connectivity index (χ2v) is 8.14. The molecule has 0 saturated carbocycles. The topological polar surface area (TPSA) is 104 Å². The smallest absolute Gasteiger partial charge is 0.251 e. The maximum Gasteiger partial charge on any atom is 0.251 e. The third-order valence-electron chi connectivity index (χ3n) is 4.07. The summed E-state index contributed by atoms with van der Waals surface area (Å²) in [6.07, 6.45) is 0.375. The van der Waals surface area contributed by atoms with Gasteiger partial charge < -0.3 is 10.6 Å². The summed E-state index contributed by atoms with van der Waals surface area (Å²) in [7, 11) is -3.63. The van der Waals surface area contributed by atoms with Gasteiger partial charge in [-0.15, -0.1) is 0 Å². The van der Waals surface area contributed by atoms with Crippen molar-refractivity contribution in [2.24, 2.45) is 0 Å². The van der Waals surface area contributed by atoms with Crippen LogP contribution in [0.25, 0.3) is 0 Å². The van der Waals surface area contributed by atoms with Crippen molar-refractivity contribution < 1.29 is 18.0 Å². The summed E-state index contributed by atoms with van der Waals surface area (Å²) in [4.78, 5) is 23.7. The average molecular weight is 404 g/mol. The average Bonchev–Trinajstić information content (AvgIpc) is 2.65. The van der Waals surface area contributed by atoms with Crippen LogP contribution in [0.5, 0.6) is 0 Å². The minimum atomic E-state index is -3.63. The maximum absolute atomic E-state index is 12.4. The lowest BCUT2D eigenvalue weighted by atomic mass is 10.2. The summed E-state index contributed by atoms with van der Waals surface area (Å²) in [5, 5.41) is 5.37. The molecule has 2 aromatic rings. The third-order valence-corrected chi connectivity index (χ3v) is 5.70. The Labute approximate surface area is 165 Å². The fourth-order valence-electron chi connectivity index (χ4n) is 2.60. The number of rotatable bonds is 8. The first-order valence-electron chi connectivity index (χ1n) is 8.98. The van der Waals surface area contributed by atoms with Crippen molar-refractivity contribution in [1.29, 1.82) is 0 Å². The number of nitrogens with one attached hydrogen (secondary N) is 3. The molecule has 0 saturated heterocycles. The minimum absolute atomic E-state index is 0.0754. The SMILES string of the molecule is CCC(=O)Nc1ccc(C(=O)NCCNS(=O)(=O)c2ccc(C)cc2C)cc1. The number of aryl methyl sites for hydroxylation is 2. The molecule has 0 aromatic heterocycles. The molecule has 0 spiro atoms. The van der Waals surface area contributed by atoms with E-state index in [0.29, 0.717) is 23.2 Å². The van der Waals surface area contributed by atoms with Crippen LogP contribution in [-0.2, 0) is 14.8 Å². The normalized spacial score (nSPS) is 11.1. The molecule has 2 amide bonds. The Hall–Kier alpha value is -2.71. The summed E-state index contributed by atoms with van der Waals surface area (Å²) in [6.45, 7) is 5.63. The summed E-state index contributed by atoms with van der Waals surface area (Å²) in [5.74, 6) is -0.424. The Morgan fingerprint density at radius 2 is 1.64 bits per heavy atom. The van der Waals surface area contributed by atoms with E-state index in [1.54, 1.807) is 50.2 Å². The van der Waals surface area contributed by atoms with Crippen molar-refractivity contribution in [3.05, 3.63) is 59.2 Å². The number of carbonyl (C=O) groups excluding carboxylic acids is 2. The van der Waals surface area contributed by atoms with Crippen molar-refractivity contribution in [2.45, 2.75) is 32.1 Å². The van der Waals surface area contributed by atoms with E-state index in [1.807, 2.05) is 13.0 Å². The van der Waals surface area contributed by atoms with Gasteiger partial charge in [-0.3, -0.25) is 9.59 Å². The van der Waals surface area contributed by atoms with Crippen LogP contribution in [0.4, 0.5) is 5.69 Å². The van der Waals surface area contributed by atoms with Crippen LogP contribution in [-0.4, -0.2) is 33.3 Å². The molecular weight excluding hydrogens is 378 g/mol. The van der Waals surface area contributed by atoms with Gasteiger partial charge in [0.15, 0.2) is 0 Å². The van der Waals surface area contributed by atoms with Crippen molar-refractivity contribution >= 4 is 27.5 Å². The van der Waals surface area contributed by atoms with Gasteiger partial charge >= 0.3 is 0 Å². The summed E-state index contributed by atoms with van der Waals surface area (Å²) >= 11 is 0. The number of carbonyl (C=O) groups is 2. The van der Waals surface area contributed by atoms with Gasteiger partial charge in [-0.1, -0.05) is 24.6 Å². The largest absolute Gasteiger partial charge is 0.351 e. The molecule has 0 bridgehead atoms. The zero-order valence-corrected chi connectivity index (χ0v) is 17.0. The van der Waals surface area contributed by atoms with Crippen molar-refractivity contribution in [3.8, 4) is 0 Å². The zero-order valence-electron chi connectivity index (χ0n) is 16.2. The van der Waals surface area contributed by atoms with E-state index in [-0.39, 0.29) is 29.8 Å². The molecule has 0 aliphatic carbocycles. The van der Waals surface area contributed by atoms with Gasteiger partial charge in [-0.2, -0.15) is 0 Å². The van der Waals surface area contributed by atoms with E-state index in [2.05, 4.69) is 15.4 Å². The summed E-state index contributed by atoms with van der Waals surface area (Å²) in [5.41, 5.74) is 2.70. The first-order valence-corrected chi connectivity index (χ1v) is 10.5. The molecule has 7 nitrogen and oxygen atoms in total. The third kappa shape index (κ3) is 5.90. The molecule has 0 heterocycles. The second kappa shape index (κ2) is 9.48. The number of sulfonamides is 1. The Balaban J connectivity index is 1.85. The lowest BCUT2D eigenvalue weighted by Gasteiger charge is -2.11. The van der Waals surface area contributed by atoms with E-state index < -0.39 is 10.0 Å². The standard InChI is InChI=1S/C20H25N3O4S/c1-4-19(24)23-17-8-6-16(7-9-17)20(25)21-11-12-22-28(26,27)18-10-5-14(2)13-15(18)3/h5-10,13,22H,4,11-12H2,1-3H3,(H,21,25)(H,23,24). The zero-order chi connectivity index (χ0) is 20.7. The van der Waals surface area contributed by atoms with Crippen LogP contribution in [0.3, 0.4) is 0 Å². The van der Waals surface area contributed by atoms with Gasteiger partial charge in [0.25, 0.3) is 5.91 Å². The molecule has 2 rings (SSSR count). The summed E-state index contributed by atoms with van der Waals surface area (Å²) in [6, 6.07) is 11.6. The molecule has 0 aliphatic rings. The van der Waals surface area contributed by atoms with Crippen LogP contribution >= 0.6 is 0 Å². The Morgan fingerprint density at radius 3 is 2.25 bits per heavy atom. The summed E-state index contributed by atoms with van der Waals surface area (Å²) < 4.78 is 27.2.